The van der Waals surface area contributed by atoms with Gasteiger partial charge >= 0.3 is 12.0 Å². The van der Waals surface area contributed by atoms with E-state index in [2.05, 4.69) is 5.32 Å². The van der Waals surface area contributed by atoms with Crippen LogP contribution in [0, 0.1) is 6.92 Å². The van der Waals surface area contributed by atoms with Crippen LogP contribution in [0.5, 0.6) is 0 Å². The topological polar surface area (TPSA) is 78.9 Å². The maximum atomic E-state index is 12.0. The maximum absolute atomic E-state index is 12.0. The smallest absolute Gasteiger partial charge is 0.328 e. The van der Waals surface area contributed by atoms with Gasteiger partial charge in [0.2, 0.25) is 0 Å². The van der Waals surface area contributed by atoms with Gasteiger partial charge < -0.3 is 20.1 Å². The first-order valence-corrected chi connectivity index (χ1v) is 6.85. The quantitative estimate of drug-likeness (QED) is 0.869. The van der Waals surface area contributed by atoms with Crippen molar-refractivity contribution in [2.45, 2.75) is 19.5 Å². The van der Waals surface area contributed by atoms with E-state index in [-0.39, 0.29) is 12.6 Å². The largest absolute Gasteiger partial charge is 0.480 e. The number of thiophene rings is 1. The average molecular weight is 284 g/mol. The number of aliphatic carboxylic acids is 1. The minimum atomic E-state index is -1.04. The van der Waals surface area contributed by atoms with Crippen molar-refractivity contribution >= 4 is 23.3 Å². The van der Waals surface area contributed by atoms with Crippen molar-refractivity contribution < 1.29 is 19.4 Å². The number of ether oxygens (including phenoxy) is 1. The fourth-order valence-electron chi connectivity index (χ4n) is 1.89. The summed E-state index contributed by atoms with van der Waals surface area (Å²) in [6, 6.07) is 0.725. The van der Waals surface area contributed by atoms with Crippen LogP contribution in [-0.2, 0) is 16.1 Å². The van der Waals surface area contributed by atoms with Crippen LogP contribution in [0.25, 0.3) is 0 Å². The highest BCUT2D eigenvalue weighted by molar-refractivity contribution is 7.10. The number of hydrogen-bond acceptors (Lipinski definition) is 4. The molecule has 2 rings (SSSR count). The van der Waals surface area contributed by atoms with Crippen molar-refractivity contribution in [3.8, 4) is 0 Å². The zero-order valence-electron chi connectivity index (χ0n) is 10.6. The van der Waals surface area contributed by atoms with E-state index in [0.29, 0.717) is 19.7 Å². The van der Waals surface area contributed by atoms with Gasteiger partial charge in [0.25, 0.3) is 0 Å². The number of aryl methyl sites for hydroxylation is 1. The normalized spacial score (nSPS) is 19.2. The fraction of sp³-hybridized carbons (Fsp3) is 0.500. The molecular formula is C12H16N2O4S. The van der Waals surface area contributed by atoms with Gasteiger partial charge in [-0.2, -0.15) is 0 Å². The van der Waals surface area contributed by atoms with E-state index >= 15 is 0 Å². The molecule has 1 aromatic heterocycles. The number of morpholine rings is 1. The Hall–Kier alpha value is -1.60. The first-order chi connectivity index (χ1) is 9.09. The maximum Gasteiger partial charge on any atom is 0.328 e. The highest BCUT2D eigenvalue weighted by Crippen LogP contribution is 2.15. The summed E-state index contributed by atoms with van der Waals surface area (Å²) >= 11 is 1.57. The number of carbonyl (C=O) groups excluding carboxylic acids is 1. The molecule has 0 aromatic carbocycles. The SMILES string of the molecule is Cc1ccsc1CNC(=O)N1CCOCC1C(=O)O. The molecule has 2 N–H and O–H groups in total. The number of carboxylic acids is 1. The van der Waals surface area contributed by atoms with Gasteiger partial charge in [-0.25, -0.2) is 9.59 Å². The third-order valence-electron chi connectivity index (χ3n) is 3.04. The molecule has 2 heterocycles. The summed E-state index contributed by atoms with van der Waals surface area (Å²) in [6.45, 7) is 3.11. The van der Waals surface area contributed by atoms with Gasteiger partial charge in [-0.15, -0.1) is 11.3 Å². The van der Waals surface area contributed by atoms with E-state index in [1.54, 1.807) is 11.3 Å². The van der Waals surface area contributed by atoms with Crippen molar-refractivity contribution in [1.82, 2.24) is 10.2 Å². The Morgan fingerprint density at radius 3 is 3.05 bits per heavy atom. The van der Waals surface area contributed by atoms with E-state index in [1.807, 2.05) is 18.4 Å². The minimum absolute atomic E-state index is 0.0424. The van der Waals surface area contributed by atoms with E-state index in [4.69, 9.17) is 9.84 Å². The number of carboxylic acid groups (broad SMARTS) is 1. The van der Waals surface area contributed by atoms with Gasteiger partial charge in [0.05, 0.1) is 19.8 Å². The van der Waals surface area contributed by atoms with Crippen molar-refractivity contribution in [2.24, 2.45) is 0 Å². The van der Waals surface area contributed by atoms with E-state index in [9.17, 15) is 9.59 Å². The molecule has 2 amide bonds. The third kappa shape index (κ3) is 3.24. The molecule has 19 heavy (non-hydrogen) atoms. The van der Waals surface area contributed by atoms with E-state index in [1.165, 1.54) is 4.90 Å². The number of rotatable bonds is 3. The van der Waals surface area contributed by atoms with Crippen LogP contribution < -0.4 is 5.32 Å². The summed E-state index contributed by atoms with van der Waals surface area (Å²) in [4.78, 5) is 25.5. The monoisotopic (exact) mass is 284 g/mol. The zero-order chi connectivity index (χ0) is 13.8. The molecule has 0 radical (unpaired) electrons. The number of nitrogens with zero attached hydrogens (tertiary/aromatic N) is 1. The first kappa shape index (κ1) is 13.8. The van der Waals surface area contributed by atoms with E-state index in [0.717, 1.165) is 10.4 Å². The summed E-state index contributed by atoms with van der Waals surface area (Å²) < 4.78 is 5.09. The Balaban J connectivity index is 1.94. The van der Waals surface area contributed by atoms with Crippen LogP contribution in [0.2, 0.25) is 0 Å². The van der Waals surface area contributed by atoms with Gasteiger partial charge in [-0.3, -0.25) is 0 Å². The van der Waals surface area contributed by atoms with Gasteiger partial charge in [0.1, 0.15) is 0 Å². The van der Waals surface area contributed by atoms with Gasteiger partial charge in [0.15, 0.2) is 6.04 Å². The van der Waals surface area contributed by atoms with Crippen molar-refractivity contribution in [1.29, 1.82) is 0 Å². The second kappa shape index (κ2) is 6.03. The second-order valence-electron chi connectivity index (χ2n) is 4.31. The molecule has 0 spiro atoms. The van der Waals surface area contributed by atoms with Crippen LogP contribution in [0.3, 0.4) is 0 Å². The lowest BCUT2D eigenvalue weighted by Gasteiger charge is -2.32. The molecule has 1 saturated heterocycles. The summed E-state index contributed by atoms with van der Waals surface area (Å²) in [6.07, 6.45) is 0. The van der Waals surface area contributed by atoms with Gasteiger partial charge in [-0.1, -0.05) is 0 Å². The highest BCUT2D eigenvalue weighted by atomic mass is 32.1. The van der Waals surface area contributed by atoms with Crippen LogP contribution in [0.15, 0.2) is 11.4 Å². The molecule has 0 saturated carbocycles. The molecule has 1 aliphatic rings. The molecule has 1 atom stereocenters. The predicted molar refractivity (Wildman–Crippen MR) is 70.2 cm³/mol. The fourth-order valence-corrected chi connectivity index (χ4v) is 2.74. The predicted octanol–water partition coefficient (Wildman–Crippen LogP) is 1.05. The van der Waals surface area contributed by atoms with Crippen LogP contribution in [-0.4, -0.2) is 47.8 Å². The van der Waals surface area contributed by atoms with E-state index < -0.39 is 12.0 Å². The summed E-state index contributed by atoms with van der Waals surface area (Å²) in [5, 5.41) is 13.8. The lowest BCUT2D eigenvalue weighted by molar-refractivity contribution is -0.147. The Labute approximate surface area is 115 Å². The Morgan fingerprint density at radius 1 is 1.63 bits per heavy atom. The summed E-state index contributed by atoms with van der Waals surface area (Å²) in [5.74, 6) is -1.04. The number of urea groups is 1. The van der Waals surface area contributed by atoms with Gasteiger partial charge in [0, 0.05) is 11.4 Å². The minimum Gasteiger partial charge on any atom is -0.480 e. The van der Waals surface area contributed by atoms with Crippen molar-refractivity contribution in [3.63, 3.8) is 0 Å². The molecule has 1 aliphatic heterocycles. The molecule has 0 aliphatic carbocycles. The highest BCUT2D eigenvalue weighted by Gasteiger charge is 2.32. The zero-order valence-corrected chi connectivity index (χ0v) is 11.4. The van der Waals surface area contributed by atoms with Crippen LogP contribution >= 0.6 is 11.3 Å². The molecule has 1 unspecified atom stereocenters. The number of carbonyl (C=O) groups is 2. The Kier molecular flexibility index (Phi) is 4.39. The molecule has 104 valence electrons. The average Bonchev–Trinajstić information content (AvgIpc) is 2.81. The van der Waals surface area contributed by atoms with Crippen molar-refractivity contribution in [2.75, 3.05) is 19.8 Å². The molecule has 0 bridgehead atoms. The molecule has 1 aromatic rings. The van der Waals surface area contributed by atoms with Crippen LogP contribution in [0.1, 0.15) is 10.4 Å². The van der Waals surface area contributed by atoms with Crippen molar-refractivity contribution in [3.05, 3.63) is 21.9 Å². The molecular weight excluding hydrogens is 268 g/mol. The standard InChI is InChI=1S/C12H16N2O4S/c1-8-2-5-19-10(8)6-13-12(17)14-3-4-18-7-9(14)11(15)16/h2,5,9H,3-4,6-7H2,1H3,(H,13,17)(H,15,16). The van der Waals surface area contributed by atoms with Gasteiger partial charge in [-0.05, 0) is 23.9 Å². The molecule has 1 fully saturated rings. The Bertz CT molecular complexity index is 474. The Morgan fingerprint density at radius 2 is 2.42 bits per heavy atom. The molecule has 6 nitrogen and oxygen atoms in total. The third-order valence-corrected chi connectivity index (χ3v) is 4.07. The number of nitrogens with one attached hydrogen (secondary N) is 1. The number of amides is 2. The molecule has 7 heteroatoms. The lowest BCUT2D eigenvalue weighted by atomic mass is 10.2. The second-order valence-corrected chi connectivity index (χ2v) is 5.31. The lowest BCUT2D eigenvalue weighted by Crippen LogP contribution is -2.55. The summed E-state index contributed by atoms with van der Waals surface area (Å²) in [5.41, 5.74) is 1.13. The first-order valence-electron chi connectivity index (χ1n) is 5.97. The van der Waals surface area contributed by atoms with Crippen LogP contribution in [0.4, 0.5) is 4.79 Å². The summed E-state index contributed by atoms with van der Waals surface area (Å²) in [7, 11) is 0. The number of hydrogen-bond donors (Lipinski definition) is 2.